The van der Waals surface area contributed by atoms with E-state index >= 15 is 0 Å². The lowest BCUT2D eigenvalue weighted by atomic mass is 9.61. The molecule has 260 valence electrons. The number of pyridine rings is 1. The van der Waals surface area contributed by atoms with E-state index < -0.39 is 15.3 Å². The van der Waals surface area contributed by atoms with Gasteiger partial charge in [0, 0.05) is 18.1 Å². The Balaban J connectivity index is 1.37. The van der Waals surface area contributed by atoms with Crippen LogP contribution in [-0.4, -0.2) is 13.4 Å². The van der Waals surface area contributed by atoms with Crippen molar-refractivity contribution in [3.05, 3.63) is 228 Å². The summed E-state index contributed by atoms with van der Waals surface area (Å²) in [6.45, 7) is 1.99. The molecule has 0 atom stereocenters. The zero-order valence-electron chi connectivity index (χ0n) is 29.7. The third kappa shape index (κ3) is 5.44. The van der Waals surface area contributed by atoms with E-state index in [9.17, 15) is 8.42 Å². The summed E-state index contributed by atoms with van der Waals surface area (Å²) >= 11 is 0. The van der Waals surface area contributed by atoms with Crippen LogP contribution in [0.25, 0.3) is 22.3 Å². The van der Waals surface area contributed by atoms with Gasteiger partial charge in [0.15, 0.2) is 0 Å². The highest BCUT2D eigenvalue weighted by Crippen LogP contribution is 2.59. The van der Waals surface area contributed by atoms with Gasteiger partial charge in [-0.2, -0.15) is 0 Å². The van der Waals surface area contributed by atoms with E-state index in [-0.39, 0.29) is 9.79 Å². The molecule has 0 bridgehead atoms. The van der Waals surface area contributed by atoms with Crippen LogP contribution in [0.1, 0.15) is 27.8 Å². The molecule has 9 rings (SSSR count). The molecule has 54 heavy (non-hydrogen) atoms. The zero-order chi connectivity index (χ0) is 36.7. The molecule has 0 spiro atoms. The van der Waals surface area contributed by atoms with Crippen molar-refractivity contribution in [1.82, 2.24) is 4.98 Å². The molecule has 0 amide bonds. The standard InChI is InChI=1S/C49H36N2O2S/c1-35-31-42(54(52,53)43-23-14-30-50-34-43)26-29-46(35)51-47-27-24-38(36-15-6-2-7-16-36)32-44(47)49(40-19-10-4-11-20-40,41-21-12-5-13-22-41)45-33-39(25-28-48(45)51)37-17-8-3-9-18-37/h2-34H,1H3. The second-order valence-electron chi connectivity index (χ2n) is 13.7. The van der Waals surface area contributed by atoms with Crippen molar-refractivity contribution >= 4 is 26.9 Å². The van der Waals surface area contributed by atoms with Crippen molar-refractivity contribution in [3.63, 3.8) is 0 Å². The fourth-order valence-corrected chi connectivity index (χ4v) is 9.38. The van der Waals surface area contributed by atoms with E-state index in [1.807, 2.05) is 25.1 Å². The average molecular weight is 717 g/mol. The topological polar surface area (TPSA) is 50.3 Å². The Kier molecular flexibility index (Phi) is 8.29. The minimum atomic E-state index is -3.77. The first kappa shape index (κ1) is 33.3. The van der Waals surface area contributed by atoms with Gasteiger partial charge in [-0.15, -0.1) is 0 Å². The van der Waals surface area contributed by atoms with Gasteiger partial charge in [0.05, 0.1) is 26.6 Å². The van der Waals surface area contributed by atoms with Gasteiger partial charge in [0.2, 0.25) is 9.84 Å². The number of aryl methyl sites for hydroxylation is 1. The minimum absolute atomic E-state index is 0.170. The highest BCUT2D eigenvalue weighted by molar-refractivity contribution is 7.91. The summed E-state index contributed by atoms with van der Waals surface area (Å²) in [7, 11) is -3.77. The second-order valence-corrected chi connectivity index (χ2v) is 15.6. The van der Waals surface area contributed by atoms with Crippen molar-refractivity contribution < 1.29 is 8.42 Å². The Labute approximate surface area is 316 Å². The monoisotopic (exact) mass is 716 g/mol. The Bertz CT molecular complexity index is 2590. The molecule has 1 aliphatic heterocycles. The molecule has 0 N–H and O–H groups in total. The molecule has 7 aromatic carbocycles. The van der Waals surface area contributed by atoms with Gasteiger partial charge < -0.3 is 4.90 Å². The van der Waals surface area contributed by atoms with Crippen LogP contribution in [0.5, 0.6) is 0 Å². The van der Waals surface area contributed by atoms with Gasteiger partial charge >= 0.3 is 0 Å². The van der Waals surface area contributed by atoms with Crippen LogP contribution in [0.15, 0.2) is 210 Å². The quantitative estimate of drug-likeness (QED) is 0.165. The Morgan fingerprint density at radius 1 is 0.463 bits per heavy atom. The van der Waals surface area contributed by atoms with E-state index in [2.05, 4.69) is 155 Å². The van der Waals surface area contributed by atoms with Crippen LogP contribution < -0.4 is 4.90 Å². The lowest BCUT2D eigenvalue weighted by molar-refractivity contribution is 0.595. The van der Waals surface area contributed by atoms with Crippen LogP contribution in [0, 0.1) is 6.92 Å². The molecular formula is C49H36N2O2S. The minimum Gasteiger partial charge on any atom is -0.310 e. The predicted octanol–water partition coefficient (Wildman–Crippen LogP) is 11.7. The summed E-state index contributed by atoms with van der Waals surface area (Å²) in [6, 6.07) is 64.9. The number of rotatable bonds is 7. The third-order valence-electron chi connectivity index (χ3n) is 10.6. The van der Waals surface area contributed by atoms with Crippen LogP contribution in [-0.2, 0) is 15.3 Å². The number of fused-ring (bicyclic) bond motifs is 2. The molecule has 0 fully saturated rings. The van der Waals surface area contributed by atoms with Gasteiger partial charge in [0.1, 0.15) is 0 Å². The summed E-state index contributed by atoms with van der Waals surface area (Å²) in [4.78, 5) is 6.79. The number of hydrogen-bond acceptors (Lipinski definition) is 4. The maximum atomic E-state index is 13.8. The summed E-state index contributed by atoms with van der Waals surface area (Å²) in [5, 5.41) is 0. The van der Waals surface area contributed by atoms with Gasteiger partial charge in [-0.3, -0.25) is 4.98 Å². The van der Waals surface area contributed by atoms with Gasteiger partial charge in [-0.05, 0) is 112 Å². The van der Waals surface area contributed by atoms with Crippen LogP contribution in [0.4, 0.5) is 17.1 Å². The SMILES string of the molecule is Cc1cc(S(=O)(=O)c2cccnc2)ccc1N1c2ccc(-c3ccccc3)cc2C(c2ccccc2)(c2ccccc2)c2cc(-c3ccccc3)ccc21. The van der Waals surface area contributed by atoms with E-state index in [4.69, 9.17) is 0 Å². The lowest BCUT2D eigenvalue weighted by Crippen LogP contribution is -2.38. The fourth-order valence-electron chi connectivity index (χ4n) is 8.07. The van der Waals surface area contributed by atoms with Gasteiger partial charge in [0.25, 0.3) is 0 Å². The number of nitrogens with zero attached hydrogens (tertiary/aromatic N) is 2. The summed E-state index contributed by atoms with van der Waals surface area (Å²) in [5.74, 6) is 0. The first-order valence-electron chi connectivity index (χ1n) is 18.0. The van der Waals surface area contributed by atoms with E-state index in [0.717, 1.165) is 67.1 Å². The molecule has 1 aliphatic rings. The van der Waals surface area contributed by atoms with Crippen LogP contribution in [0.2, 0.25) is 0 Å². The largest absolute Gasteiger partial charge is 0.310 e. The Morgan fingerprint density at radius 3 is 1.41 bits per heavy atom. The third-order valence-corrected chi connectivity index (χ3v) is 12.3. The van der Waals surface area contributed by atoms with Crippen molar-refractivity contribution in [2.45, 2.75) is 22.1 Å². The van der Waals surface area contributed by atoms with E-state index in [1.165, 1.54) is 6.20 Å². The fraction of sp³-hybridized carbons (Fsp3) is 0.0408. The van der Waals surface area contributed by atoms with Crippen LogP contribution >= 0.6 is 0 Å². The molecular weight excluding hydrogens is 681 g/mol. The maximum absolute atomic E-state index is 13.8. The zero-order valence-corrected chi connectivity index (χ0v) is 30.5. The summed E-state index contributed by atoms with van der Waals surface area (Å²) in [5.41, 5.74) is 12.1. The maximum Gasteiger partial charge on any atom is 0.208 e. The van der Waals surface area contributed by atoms with Crippen molar-refractivity contribution in [2.75, 3.05) is 4.90 Å². The van der Waals surface area contributed by atoms with Gasteiger partial charge in [-0.1, -0.05) is 133 Å². The summed E-state index contributed by atoms with van der Waals surface area (Å²) in [6.07, 6.45) is 2.98. The number of hydrogen-bond donors (Lipinski definition) is 0. The molecule has 5 heteroatoms. The van der Waals surface area contributed by atoms with Crippen molar-refractivity contribution in [2.24, 2.45) is 0 Å². The normalized spacial score (nSPS) is 13.2. The molecule has 0 aliphatic carbocycles. The highest BCUT2D eigenvalue weighted by Gasteiger charge is 2.47. The predicted molar refractivity (Wildman–Crippen MR) is 218 cm³/mol. The smallest absolute Gasteiger partial charge is 0.208 e. The Hall–Kier alpha value is -6.56. The molecule has 2 heterocycles. The average Bonchev–Trinajstić information content (AvgIpc) is 3.24. The molecule has 0 radical (unpaired) electrons. The molecule has 0 saturated carbocycles. The molecule has 0 saturated heterocycles. The van der Waals surface area contributed by atoms with E-state index in [1.54, 1.807) is 30.5 Å². The summed E-state index contributed by atoms with van der Waals surface area (Å²) < 4.78 is 27.5. The molecule has 8 aromatic rings. The number of sulfone groups is 1. The first-order valence-corrected chi connectivity index (χ1v) is 19.5. The van der Waals surface area contributed by atoms with Crippen LogP contribution in [0.3, 0.4) is 0 Å². The number of benzene rings is 7. The molecule has 0 unspecified atom stereocenters. The molecule has 4 nitrogen and oxygen atoms in total. The van der Waals surface area contributed by atoms with Gasteiger partial charge in [-0.25, -0.2) is 8.42 Å². The lowest BCUT2D eigenvalue weighted by Gasteiger charge is -2.47. The first-order chi connectivity index (χ1) is 26.5. The highest BCUT2D eigenvalue weighted by atomic mass is 32.2. The van der Waals surface area contributed by atoms with Crippen molar-refractivity contribution in [1.29, 1.82) is 0 Å². The Morgan fingerprint density at radius 2 is 0.944 bits per heavy atom. The molecule has 1 aromatic heterocycles. The van der Waals surface area contributed by atoms with Crippen molar-refractivity contribution in [3.8, 4) is 22.3 Å². The van der Waals surface area contributed by atoms with E-state index in [0.29, 0.717) is 0 Å². The number of anilines is 3. The second kappa shape index (κ2) is 13.4. The number of aromatic nitrogens is 1.